The minimum atomic E-state index is -4.10. The van der Waals surface area contributed by atoms with Crippen LogP contribution < -0.4 is 5.32 Å². The van der Waals surface area contributed by atoms with E-state index in [1.54, 1.807) is 0 Å². The molecule has 0 saturated heterocycles. The van der Waals surface area contributed by atoms with E-state index < -0.39 is 12.6 Å². The highest BCUT2D eigenvalue weighted by molar-refractivity contribution is 7.15. The molecule has 0 aliphatic heterocycles. The smallest absolute Gasteiger partial charge is 0.311 e. The summed E-state index contributed by atoms with van der Waals surface area (Å²) in [6, 6.07) is 0. The van der Waals surface area contributed by atoms with E-state index in [9.17, 15) is 13.2 Å². The van der Waals surface area contributed by atoms with E-state index in [2.05, 4.69) is 10.3 Å². The van der Waals surface area contributed by atoms with E-state index in [4.69, 9.17) is 0 Å². The van der Waals surface area contributed by atoms with Crippen LogP contribution in [0.3, 0.4) is 0 Å². The molecule has 2 aromatic heterocycles. The van der Waals surface area contributed by atoms with Gasteiger partial charge in [0.2, 0.25) is 0 Å². The first-order valence-electron chi connectivity index (χ1n) is 5.58. The van der Waals surface area contributed by atoms with Gasteiger partial charge in [-0.15, -0.1) is 11.3 Å². The normalized spacial score (nSPS) is 12.5. The summed E-state index contributed by atoms with van der Waals surface area (Å²) in [6.07, 6.45) is -4.91. The van der Waals surface area contributed by atoms with Gasteiger partial charge in [0, 0.05) is 24.2 Å². The Kier molecular flexibility index (Phi) is 3.63. The van der Waals surface area contributed by atoms with Gasteiger partial charge in [-0.05, 0) is 13.8 Å². The number of hydrogen-bond acceptors (Lipinski definition) is 3. The van der Waals surface area contributed by atoms with E-state index in [1.165, 1.54) is 11.3 Å². The van der Waals surface area contributed by atoms with E-state index in [-0.39, 0.29) is 6.54 Å². The van der Waals surface area contributed by atoms with Crippen molar-refractivity contribution in [1.82, 2.24) is 14.7 Å². The number of thiazole rings is 1. The van der Waals surface area contributed by atoms with E-state index in [0.717, 1.165) is 22.0 Å². The minimum Gasteiger partial charge on any atom is -0.311 e. The van der Waals surface area contributed by atoms with Crippen LogP contribution in [0.2, 0.25) is 0 Å². The Morgan fingerprint density at radius 2 is 2.11 bits per heavy atom. The fourth-order valence-corrected chi connectivity index (χ4v) is 2.74. The maximum Gasteiger partial charge on any atom is 0.390 e. The van der Waals surface area contributed by atoms with Gasteiger partial charge in [-0.3, -0.25) is 4.40 Å². The number of fused-ring (bicyclic) bond motifs is 1. The Morgan fingerprint density at radius 1 is 1.39 bits per heavy atom. The number of aromatic nitrogens is 2. The van der Waals surface area contributed by atoms with Crippen LogP contribution in [0.15, 0.2) is 5.38 Å². The second-order valence-corrected chi connectivity index (χ2v) is 5.02. The Hall–Kier alpha value is -1.08. The molecule has 0 aromatic carbocycles. The van der Waals surface area contributed by atoms with E-state index in [0.29, 0.717) is 6.54 Å². The molecular weight excluding hydrogens is 263 g/mol. The summed E-state index contributed by atoms with van der Waals surface area (Å²) in [5.41, 5.74) is 2.86. The van der Waals surface area contributed by atoms with Crippen LogP contribution in [-0.4, -0.2) is 22.1 Å². The average molecular weight is 277 g/mol. The number of imidazole rings is 1. The van der Waals surface area contributed by atoms with Crippen molar-refractivity contribution in [2.75, 3.05) is 6.54 Å². The fraction of sp³-hybridized carbons (Fsp3) is 0.545. The van der Waals surface area contributed by atoms with Gasteiger partial charge in [0.15, 0.2) is 4.96 Å². The van der Waals surface area contributed by atoms with Crippen LogP contribution in [-0.2, 0) is 6.54 Å². The van der Waals surface area contributed by atoms with Gasteiger partial charge in [0.05, 0.1) is 17.8 Å². The molecule has 0 amide bonds. The quantitative estimate of drug-likeness (QED) is 0.870. The number of halogens is 3. The maximum absolute atomic E-state index is 12.0. The molecule has 2 rings (SSSR count). The zero-order chi connectivity index (χ0) is 13.3. The molecule has 0 atom stereocenters. The summed E-state index contributed by atoms with van der Waals surface area (Å²) in [7, 11) is 0. The van der Waals surface area contributed by atoms with Crippen molar-refractivity contribution in [2.45, 2.75) is 33.0 Å². The van der Waals surface area contributed by atoms with Crippen LogP contribution in [0.4, 0.5) is 13.2 Å². The van der Waals surface area contributed by atoms with E-state index in [1.807, 2.05) is 23.6 Å². The van der Waals surface area contributed by atoms with Crippen molar-refractivity contribution in [1.29, 1.82) is 0 Å². The first-order valence-corrected chi connectivity index (χ1v) is 6.46. The van der Waals surface area contributed by atoms with Crippen molar-refractivity contribution >= 4 is 16.3 Å². The van der Waals surface area contributed by atoms with Gasteiger partial charge in [0.25, 0.3) is 0 Å². The average Bonchev–Trinajstić information content (AvgIpc) is 2.74. The first kappa shape index (κ1) is 13.4. The van der Waals surface area contributed by atoms with Crippen LogP contribution in [0.1, 0.15) is 23.5 Å². The van der Waals surface area contributed by atoms with Crippen LogP contribution in [0, 0.1) is 13.8 Å². The molecule has 0 unspecified atom stereocenters. The van der Waals surface area contributed by atoms with Gasteiger partial charge in [-0.2, -0.15) is 13.2 Å². The number of alkyl halides is 3. The van der Waals surface area contributed by atoms with Crippen molar-refractivity contribution in [3.63, 3.8) is 0 Å². The van der Waals surface area contributed by atoms with Crippen LogP contribution >= 0.6 is 11.3 Å². The highest BCUT2D eigenvalue weighted by Gasteiger charge is 2.26. The van der Waals surface area contributed by atoms with Gasteiger partial charge in [-0.1, -0.05) is 0 Å². The molecule has 0 aliphatic carbocycles. The zero-order valence-corrected chi connectivity index (χ0v) is 11.0. The molecule has 100 valence electrons. The lowest BCUT2D eigenvalue weighted by molar-refractivity contribution is -0.133. The Bertz CT molecular complexity index is 541. The highest BCUT2D eigenvalue weighted by Crippen LogP contribution is 2.21. The van der Waals surface area contributed by atoms with Gasteiger partial charge in [-0.25, -0.2) is 4.98 Å². The Balaban J connectivity index is 2.03. The SMILES string of the molecule is Cc1nc2scc(C)n2c1CNCCC(F)(F)F. The molecule has 2 aromatic rings. The Morgan fingerprint density at radius 3 is 2.78 bits per heavy atom. The molecule has 0 fully saturated rings. The van der Waals surface area contributed by atoms with Crippen molar-refractivity contribution < 1.29 is 13.2 Å². The molecule has 18 heavy (non-hydrogen) atoms. The zero-order valence-electron chi connectivity index (χ0n) is 10.1. The van der Waals surface area contributed by atoms with Crippen molar-refractivity contribution in [3.05, 3.63) is 22.5 Å². The molecule has 1 N–H and O–H groups in total. The number of rotatable bonds is 4. The molecule has 0 aliphatic rings. The molecule has 0 bridgehead atoms. The van der Waals surface area contributed by atoms with Crippen molar-refractivity contribution in [2.24, 2.45) is 0 Å². The Labute approximate surface area is 107 Å². The van der Waals surface area contributed by atoms with Crippen LogP contribution in [0.5, 0.6) is 0 Å². The van der Waals surface area contributed by atoms with Crippen molar-refractivity contribution in [3.8, 4) is 0 Å². The number of nitrogens with zero attached hydrogens (tertiary/aromatic N) is 2. The van der Waals surface area contributed by atoms with Gasteiger partial charge < -0.3 is 5.32 Å². The summed E-state index contributed by atoms with van der Waals surface area (Å²) in [6.45, 7) is 4.17. The predicted octanol–water partition coefficient (Wildman–Crippen LogP) is 3.05. The summed E-state index contributed by atoms with van der Waals surface area (Å²) in [4.78, 5) is 5.27. The standard InChI is InChI=1S/C11H14F3N3S/c1-7-6-18-10-16-8(2)9(17(7)10)5-15-4-3-11(12,13)14/h6,15H,3-5H2,1-2H3. The third-order valence-electron chi connectivity index (χ3n) is 2.71. The summed E-state index contributed by atoms with van der Waals surface area (Å²) in [5.74, 6) is 0. The molecule has 7 heteroatoms. The number of aryl methyl sites for hydroxylation is 2. The molecule has 2 heterocycles. The minimum absolute atomic E-state index is 0.0701. The largest absolute Gasteiger partial charge is 0.390 e. The van der Waals surface area contributed by atoms with Crippen LogP contribution in [0.25, 0.3) is 4.96 Å². The topological polar surface area (TPSA) is 29.3 Å². The van der Waals surface area contributed by atoms with E-state index >= 15 is 0 Å². The number of nitrogens with one attached hydrogen (secondary N) is 1. The lowest BCUT2D eigenvalue weighted by atomic mass is 10.3. The van der Waals surface area contributed by atoms with Gasteiger partial charge >= 0.3 is 6.18 Å². The number of hydrogen-bond donors (Lipinski definition) is 1. The molecular formula is C11H14F3N3S. The predicted molar refractivity (Wildman–Crippen MR) is 64.9 cm³/mol. The van der Waals surface area contributed by atoms with Gasteiger partial charge in [0.1, 0.15) is 0 Å². The second kappa shape index (κ2) is 4.89. The second-order valence-electron chi connectivity index (χ2n) is 4.18. The first-order chi connectivity index (χ1) is 8.38. The summed E-state index contributed by atoms with van der Waals surface area (Å²) >= 11 is 1.54. The molecule has 0 spiro atoms. The molecule has 0 radical (unpaired) electrons. The maximum atomic E-state index is 12.0. The lowest BCUT2D eigenvalue weighted by Crippen LogP contribution is -2.22. The summed E-state index contributed by atoms with van der Waals surface area (Å²) in [5, 5.41) is 4.81. The molecule has 3 nitrogen and oxygen atoms in total. The molecule has 0 saturated carbocycles. The lowest BCUT2D eigenvalue weighted by Gasteiger charge is -2.08. The third kappa shape index (κ3) is 2.84. The highest BCUT2D eigenvalue weighted by atomic mass is 32.1. The monoisotopic (exact) mass is 277 g/mol. The summed E-state index contributed by atoms with van der Waals surface area (Å²) < 4.78 is 38.0. The third-order valence-corrected chi connectivity index (χ3v) is 3.65. The fourth-order valence-electron chi connectivity index (χ4n) is 1.81.